The number of anilines is 1. The van der Waals surface area contributed by atoms with Gasteiger partial charge in [0.1, 0.15) is 5.75 Å². The molecule has 5 heteroatoms. The molecular weight excluding hydrogens is 324 g/mol. The Morgan fingerprint density at radius 3 is 2.23 bits per heavy atom. The number of aromatic nitrogens is 2. The van der Waals surface area contributed by atoms with E-state index in [-0.39, 0.29) is 0 Å². The summed E-state index contributed by atoms with van der Waals surface area (Å²) in [5.41, 5.74) is 4.76. The van der Waals surface area contributed by atoms with Crippen molar-refractivity contribution in [2.75, 3.05) is 38.7 Å². The Bertz CT molecular complexity index is 781. The second kappa shape index (κ2) is 6.54. The summed E-state index contributed by atoms with van der Waals surface area (Å²) in [4.78, 5) is 14.4. The maximum atomic E-state index is 5.31. The van der Waals surface area contributed by atoms with Crippen molar-refractivity contribution in [1.29, 1.82) is 0 Å². The molecule has 138 valence electrons. The number of hydrogen-bond acceptors (Lipinski definition) is 5. The largest absolute Gasteiger partial charge is 0.497 e. The first-order chi connectivity index (χ1) is 12.5. The second-order valence-corrected chi connectivity index (χ2v) is 7.81. The monoisotopic (exact) mass is 352 g/mol. The fraction of sp³-hybridized carbons (Fsp3) is 0.524. The molecule has 2 aliphatic heterocycles. The minimum Gasteiger partial charge on any atom is -0.497 e. The fourth-order valence-electron chi connectivity index (χ4n) is 4.62. The minimum absolute atomic E-state index is 0.448. The first kappa shape index (κ1) is 17.3. The predicted octanol–water partition coefficient (Wildman–Crippen LogP) is 3.15. The average molecular weight is 352 g/mol. The Morgan fingerprint density at radius 2 is 1.62 bits per heavy atom. The van der Waals surface area contributed by atoms with Crippen molar-refractivity contribution < 1.29 is 4.74 Å². The van der Waals surface area contributed by atoms with Crippen LogP contribution in [0.15, 0.2) is 24.3 Å². The van der Waals surface area contributed by atoms with Gasteiger partial charge in [0, 0.05) is 43.0 Å². The van der Waals surface area contributed by atoms with E-state index in [0.717, 1.165) is 42.7 Å². The Morgan fingerprint density at radius 1 is 0.962 bits per heavy atom. The van der Waals surface area contributed by atoms with Crippen LogP contribution in [0, 0.1) is 32.6 Å². The maximum Gasteiger partial charge on any atom is 0.225 e. The number of ether oxygens (including phenoxy) is 1. The summed E-state index contributed by atoms with van der Waals surface area (Å²) in [6.07, 6.45) is 0. The topological polar surface area (TPSA) is 41.5 Å². The number of nitrogens with zero attached hydrogens (tertiary/aromatic N) is 4. The van der Waals surface area contributed by atoms with Crippen LogP contribution in [0.5, 0.6) is 5.75 Å². The second-order valence-electron chi connectivity index (χ2n) is 7.81. The lowest BCUT2D eigenvalue weighted by molar-refractivity contribution is 0.279. The molecule has 26 heavy (non-hydrogen) atoms. The Hall–Kier alpha value is -2.14. The molecule has 0 bridgehead atoms. The van der Waals surface area contributed by atoms with E-state index in [1.165, 1.54) is 11.1 Å². The van der Waals surface area contributed by atoms with Crippen LogP contribution < -0.4 is 9.64 Å². The van der Waals surface area contributed by atoms with Crippen molar-refractivity contribution in [2.24, 2.45) is 11.8 Å². The van der Waals surface area contributed by atoms with E-state index < -0.39 is 0 Å². The minimum atomic E-state index is 0.448. The van der Waals surface area contributed by atoms with Gasteiger partial charge in [-0.2, -0.15) is 0 Å². The number of likely N-dealkylation sites (tertiary alicyclic amines) is 1. The summed E-state index contributed by atoms with van der Waals surface area (Å²) in [5.74, 6) is 3.09. The van der Waals surface area contributed by atoms with Gasteiger partial charge in [-0.05, 0) is 57.0 Å². The third-order valence-corrected chi connectivity index (χ3v) is 6.26. The standard InChI is InChI=1S/C21H28N4O/c1-13-14(2)22-21(23-15(13)3)25-11-17-10-24(4)20(19(17)12-25)16-6-8-18(26-5)9-7-16/h6-9,17,19-20H,10-12H2,1-5H3/t17-,19+,20-/m0/s1. The number of benzene rings is 1. The number of aryl methyl sites for hydroxylation is 2. The molecule has 0 amide bonds. The Kier molecular flexibility index (Phi) is 4.35. The molecule has 0 unspecified atom stereocenters. The van der Waals surface area contributed by atoms with Crippen LogP contribution in [0.3, 0.4) is 0 Å². The van der Waals surface area contributed by atoms with Crippen molar-refractivity contribution in [3.63, 3.8) is 0 Å². The lowest BCUT2D eigenvalue weighted by Gasteiger charge is -2.27. The molecule has 1 aromatic heterocycles. The van der Waals surface area contributed by atoms with Gasteiger partial charge in [-0.15, -0.1) is 0 Å². The van der Waals surface area contributed by atoms with Gasteiger partial charge in [-0.1, -0.05) is 12.1 Å². The molecule has 2 fully saturated rings. The molecule has 4 rings (SSSR count). The summed E-state index contributed by atoms with van der Waals surface area (Å²) >= 11 is 0. The summed E-state index contributed by atoms with van der Waals surface area (Å²) in [7, 11) is 3.96. The molecule has 0 saturated carbocycles. The van der Waals surface area contributed by atoms with Crippen molar-refractivity contribution in [3.05, 3.63) is 46.8 Å². The Balaban J connectivity index is 1.58. The highest BCUT2D eigenvalue weighted by Crippen LogP contribution is 2.44. The van der Waals surface area contributed by atoms with Crippen LogP contribution in [0.1, 0.15) is 28.6 Å². The van der Waals surface area contributed by atoms with Gasteiger partial charge in [-0.3, -0.25) is 4.90 Å². The lowest BCUT2D eigenvalue weighted by Crippen LogP contribution is -2.30. The van der Waals surface area contributed by atoms with Gasteiger partial charge in [0.25, 0.3) is 0 Å². The van der Waals surface area contributed by atoms with E-state index in [2.05, 4.69) is 61.9 Å². The zero-order valence-corrected chi connectivity index (χ0v) is 16.4. The maximum absolute atomic E-state index is 5.31. The normalized spacial score (nSPS) is 25.6. The molecule has 2 aromatic rings. The summed E-state index contributed by atoms with van der Waals surface area (Å²) in [5, 5.41) is 0. The van der Waals surface area contributed by atoms with Gasteiger partial charge >= 0.3 is 0 Å². The van der Waals surface area contributed by atoms with Gasteiger partial charge in [0.2, 0.25) is 5.95 Å². The highest BCUT2D eigenvalue weighted by Gasteiger charge is 2.46. The zero-order chi connectivity index (χ0) is 18.4. The number of hydrogen-bond donors (Lipinski definition) is 0. The van der Waals surface area contributed by atoms with Crippen LogP contribution in [-0.2, 0) is 0 Å². The van der Waals surface area contributed by atoms with Crippen molar-refractivity contribution in [3.8, 4) is 5.75 Å². The molecule has 5 nitrogen and oxygen atoms in total. The number of rotatable bonds is 3. The van der Waals surface area contributed by atoms with Crippen LogP contribution in [0.25, 0.3) is 0 Å². The van der Waals surface area contributed by atoms with Gasteiger partial charge < -0.3 is 9.64 Å². The first-order valence-electron chi connectivity index (χ1n) is 9.39. The number of fused-ring (bicyclic) bond motifs is 1. The molecule has 0 radical (unpaired) electrons. The highest BCUT2D eigenvalue weighted by atomic mass is 16.5. The first-order valence-corrected chi connectivity index (χ1v) is 9.39. The fourth-order valence-corrected chi connectivity index (χ4v) is 4.62. The molecule has 1 aromatic carbocycles. The molecule has 2 saturated heterocycles. The summed E-state index contributed by atoms with van der Waals surface area (Å²) in [6.45, 7) is 9.46. The van der Waals surface area contributed by atoms with Gasteiger partial charge in [-0.25, -0.2) is 9.97 Å². The molecule has 0 spiro atoms. The van der Waals surface area contributed by atoms with Gasteiger partial charge in [0.05, 0.1) is 7.11 Å². The predicted molar refractivity (Wildman–Crippen MR) is 104 cm³/mol. The third kappa shape index (κ3) is 2.84. The van der Waals surface area contributed by atoms with Crippen molar-refractivity contribution in [1.82, 2.24) is 14.9 Å². The third-order valence-electron chi connectivity index (χ3n) is 6.26. The SMILES string of the molecule is COc1ccc([C@H]2[C@@H]3CN(c4nc(C)c(C)c(C)n4)C[C@@H]3CN2C)cc1. The molecule has 3 heterocycles. The van der Waals surface area contributed by atoms with Crippen LogP contribution >= 0.6 is 0 Å². The Labute approximate surface area is 156 Å². The quantitative estimate of drug-likeness (QED) is 0.849. The zero-order valence-electron chi connectivity index (χ0n) is 16.4. The van der Waals surface area contributed by atoms with Gasteiger partial charge in [0.15, 0.2) is 0 Å². The summed E-state index contributed by atoms with van der Waals surface area (Å²) in [6, 6.07) is 9.00. The van der Waals surface area contributed by atoms with E-state index in [4.69, 9.17) is 14.7 Å². The van der Waals surface area contributed by atoms with Crippen LogP contribution in [-0.4, -0.2) is 48.7 Å². The number of methoxy groups -OCH3 is 1. The lowest BCUT2D eigenvalue weighted by atomic mass is 9.89. The van der Waals surface area contributed by atoms with Crippen LogP contribution in [0.4, 0.5) is 5.95 Å². The summed E-state index contributed by atoms with van der Waals surface area (Å²) < 4.78 is 5.31. The van der Waals surface area contributed by atoms with E-state index in [1.807, 2.05) is 0 Å². The van der Waals surface area contributed by atoms with Crippen molar-refractivity contribution in [2.45, 2.75) is 26.8 Å². The van der Waals surface area contributed by atoms with Crippen molar-refractivity contribution >= 4 is 5.95 Å². The van der Waals surface area contributed by atoms with E-state index in [0.29, 0.717) is 17.9 Å². The molecule has 3 atom stereocenters. The molecular formula is C21H28N4O. The van der Waals surface area contributed by atoms with E-state index in [1.54, 1.807) is 7.11 Å². The smallest absolute Gasteiger partial charge is 0.225 e. The van der Waals surface area contributed by atoms with E-state index >= 15 is 0 Å². The van der Waals surface area contributed by atoms with Crippen LogP contribution in [0.2, 0.25) is 0 Å². The molecule has 2 aliphatic rings. The van der Waals surface area contributed by atoms with E-state index in [9.17, 15) is 0 Å². The average Bonchev–Trinajstić information content (AvgIpc) is 3.16. The highest BCUT2D eigenvalue weighted by molar-refractivity contribution is 5.39. The molecule has 0 aliphatic carbocycles. The molecule has 0 N–H and O–H groups in total.